The van der Waals surface area contributed by atoms with Gasteiger partial charge in [0, 0.05) is 25.9 Å². The molecule has 0 atom stereocenters. The van der Waals surface area contributed by atoms with Gasteiger partial charge in [-0.3, -0.25) is 9.69 Å². The maximum atomic E-state index is 10.3. The van der Waals surface area contributed by atoms with E-state index in [9.17, 15) is 4.79 Å². The Morgan fingerprint density at radius 2 is 2.17 bits per heavy atom. The van der Waals surface area contributed by atoms with E-state index in [0.29, 0.717) is 0 Å². The zero-order valence-corrected chi connectivity index (χ0v) is 6.86. The molecule has 0 aromatic rings. The van der Waals surface area contributed by atoms with Crippen LogP contribution >= 0.6 is 0 Å². The second-order valence-electron chi connectivity index (χ2n) is 3.03. The lowest BCUT2D eigenvalue weighted by atomic mass is 10.1. The van der Waals surface area contributed by atoms with E-state index in [1.165, 1.54) is 0 Å². The first-order valence-electron chi connectivity index (χ1n) is 4.03. The van der Waals surface area contributed by atoms with E-state index in [4.69, 9.17) is 11.7 Å². The lowest BCUT2D eigenvalue weighted by Crippen LogP contribution is -2.38. The number of piperidine rings is 1. The Morgan fingerprint density at radius 1 is 1.58 bits per heavy atom. The van der Waals surface area contributed by atoms with Gasteiger partial charge in [-0.25, -0.2) is 6.57 Å². The van der Waals surface area contributed by atoms with Crippen molar-refractivity contribution in [2.45, 2.75) is 18.9 Å². The molecule has 0 aliphatic carbocycles. The van der Waals surface area contributed by atoms with Gasteiger partial charge in [-0.15, -0.1) is 0 Å². The quantitative estimate of drug-likeness (QED) is 0.609. The predicted molar refractivity (Wildman–Crippen MR) is 43.7 cm³/mol. The molecule has 0 aromatic heterocycles. The molecule has 0 saturated carbocycles. The van der Waals surface area contributed by atoms with Gasteiger partial charge < -0.3 is 9.95 Å². The van der Waals surface area contributed by atoms with E-state index in [2.05, 4.69) is 4.85 Å². The fourth-order valence-electron chi connectivity index (χ4n) is 1.40. The van der Waals surface area contributed by atoms with Gasteiger partial charge in [0.05, 0.1) is 6.54 Å². The molecular weight excluding hydrogens is 156 g/mol. The molecule has 1 fully saturated rings. The van der Waals surface area contributed by atoms with Gasteiger partial charge in [-0.1, -0.05) is 0 Å². The lowest BCUT2D eigenvalue weighted by molar-refractivity contribution is -0.138. The van der Waals surface area contributed by atoms with Crippen molar-refractivity contribution in [2.24, 2.45) is 0 Å². The number of carboxylic acid groups (broad SMARTS) is 1. The van der Waals surface area contributed by atoms with Crippen molar-refractivity contribution in [3.05, 3.63) is 11.4 Å². The monoisotopic (exact) mass is 168 g/mol. The van der Waals surface area contributed by atoms with E-state index in [1.807, 2.05) is 4.90 Å². The summed E-state index contributed by atoms with van der Waals surface area (Å²) in [6.45, 7) is 8.41. The van der Waals surface area contributed by atoms with Crippen LogP contribution in [-0.4, -0.2) is 41.7 Å². The summed E-state index contributed by atoms with van der Waals surface area (Å²) >= 11 is 0. The average molecular weight is 168 g/mol. The van der Waals surface area contributed by atoms with Gasteiger partial charge in [0.1, 0.15) is 0 Å². The Kier molecular flexibility index (Phi) is 3.06. The highest BCUT2D eigenvalue weighted by atomic mass is 16.4. The zero-order chi connectivity index (χ0) is 8.97. The summed E-state index contributed by atoms with van der Waals surface area (Å²) in [6, 6.07) is 0.120. The van der Waals surface area contributed by atoms with Gasteiger partial charge in [-0.05, 0) is 0 Å². The number of nitrogens with zero attached hydrogens (tertiary/aromatic N) is 2. The molecule has 1 heterocycles. The van der Waals surface area contributed by atoms with Crippen molar-refractivity contribution in [1.29, 1.82) is 0 Å². The van der Waals surface area contributed by atoms with E-state index < -0.39 is 5.97 Å². The summed E-state index contributed by atoms with van der Waals surface area (Å²) in [4.78, 5) is 15.6. The minimum Gasteiger partial charge on any atom is -0.480 e. The molecule has 0 unspecified atom stereocenters. The van der Waals surface area contributed by atoms with Crippen LogP contribution in [0.5, 0.6) is 0 Å². The van der Waals surface area contributed by atoms with Gasteiger partial charge in [0.15, 0.2) is 0 Å². The largest absolute Gasteiger partial charge is 0.480 e. The van der Waals surface area contributed by atoms with Crippen LogP contribution in [0.2, 0.25) is 0 Å². The molecule has 66 valence electrons. The highest BCUT2D eigenvalue weighted by Crippen LogP contribution is 2.12. The fraction of sp³-hybridized carbons (Fsp3) is 0.750. The molecule has 0 amide bonds. The van der Waals surface area contributed by atoms with E-state index >= 15 is 0 Å². The maximum Gasteiger partial charge on any atom is 0.317 e. The Bertz CT molecular complexity index is 202. The van der Waals surface area contributed by atoms with Crippen LogP contribution in [0.4, 0.5) is 0 Å². The first kappa shape index (κ1) is 9.01. The molecule has 1 saturated heterocycles. The topological polar surface area (TPSA) is 44.9 Å². The number of likely N-dealkylation sites (tertiary alicyclic amines) is 1. The number of carboxylic acids is 1. The van der Waals surface area contributed by atoms with Crippen molar-refractivity contribution >= 4 is 5.97 Å². The molecule has 1 aliphatic heterocycles. The average Bonchev–Trinajstić information content (AvgIpc) is 2.05. The smallest absolute Gasteiger partial charge is 0.317 e. The van der Waals surface area contributed by atoms with E-state index in [-0.39, 0.29) is 12.6 Å². The second kappa shape index (κ2) is 4.07. The van der Waals surface area contributed by atoms with Crippen molar-refractivity contribution in [1.82, 2.24) is 4.90 Å². The molecule has 0 radical (unpaired) electrons. The molecule has 1 aliphatic rings. The minimum absolute atomic E-state index is 0.116. The van der Waals surface area contributed by atoms with Crippen LogP contribution in [0.1, 0.15) is 12.8 Å². The number of hydrogen-bond donors (Lipinski definition) is 1. The molecule has 0 spiro atoms. The molecule has 1 rings (SSSR count). The normalized spacial score (nSPS) is 20.2. The highest BCUT2D eigenvalue weighted by Gasteiger charge is 2.23. The zero-order valence-electron chi connectivity index (χ0n) is 6.86. The van der Waals surface area contributed by atoms with Gasteiger partial charge in [0.25, 0.3) is 0 Å². The summed E-state index contributed by atoms with van der Waals surface area (Å²) in [6.07, 6.45) is 1.63. The third-order valence-electron chi connectivity index (χ3n) is 2.10. The third-order valence-corrected chi connectivity index (χ3v) is 2.10. The number of rotatable bonds is 2. The Hall–Kier alpha value is -1.08. The van der Waals surface area contributed by atoms with Crippen molar-refractivity contribution < 1.29 is 9.90 Å². The van der Waals surface area contributed by atoms with Crippen molar-refractivity contribution in [3.8, 4) is 0 Å². The summed E-state index contributed by atoms with van der Waals surface area (Å²) in [5.41, 5.74) is 0. The standard InChI is InChI=1S/C8H12N2O2/c1-9-7-2-4-10(5-3-7)6-8(11)12/h7H,2-6H2,(H,11,12). The first-order valence-corrected chi connectivity index (χ1v) is 4.03. The summed E-state index contributed by atoms with van der Waals surface area (Å²) in [5, 5.41) is 8.49. The summed E-state index contributed by atoms with van der Waals surface area (Å²) < 4.78 is 0. The van der Waals surface area contributed by atoms with Crippen LogP contribution in [0.3, 0.4) is 0 Å². The van der Waals surface area contributed by atoms with Gasteiger partial charge in [0.2, 0.25) is 6.04 Å². The van der Waals surface area contributed by atoms with Gasteiger partial charge in [-0.2, -0.15) is 0 Å². The Labute approximate surface area is 71.6 Å². The maximum absolute atomic E-state index is 10.3. The van der Waals surface area contributed by atoms with Crippen molar-refractivity contribution in [2.75, 3.05) is 19.6 Å². The number of carbonyl (C=O) groups is 1. The van der Waals surface area contributed by atoms with Crippen LogP contribution in [-0.2, 0) is 4.79 Å². The van der Waals surface area contributed by atoms with E-state index in [1.54, 1.807) is 0 Å². The molecule has 4 heteroatoms. The Balaban J connectivity index is 2.27. The molecule has 1 N–H and O–H groups in total. The molecule has 0 aromatic carbocycles. The lowest BCUT2D eigenvalue weighted by Gasteiger charge is -2.24. The minimum atomic E-state index is -0.781. The predicted octanol–water partition coefficient (Wildman–Crippen LogP) is 0.455. The number of hydrogen-bond acceptors (Lipinski definition) is 2. The fourth-order valence-corrected chi connectivity index (χ4v) is 1.40. The van der Waals surface area contributed by atoms with Crippen molar-refractivity contribution in [3.63, 3.8) is 0 Å². The number of aliphatic carboxylic acids is 1. The molecule has 0 bridgehead atoms. The Morgan fingerprint density at radius 3 is 2.58 bits per heavy atom. The van der Waals surface area contributed by atoms with Crippen LogP contribution in [0, 0.1) is 6.57 Å². The van der Waals surface area contributed by atoms with Crippen LogP contribution in [0.15, 0.2) is 0 Å². The SMILES string of the molecule is [C-]#[N+]C1CCN(CC(=O)O)CC1. The highest BCUT2D eigenvalue weighted by molar-refractivity contribution is 5.69. The van der Waals surface area contributed by atoms with Crippen LogP contribution in [0.25, 0.3) is 4.85 Å². The summed E-state index contributed by atoms with van der Waals surface area (Å²) in [5.74, 6) is -0.781. The van der Waals surface area contributed by atoms with E-state index in [0.717, 1.165) is 25.9 Å². The third kappa shape index (κ3) is 2.51. The van der Waals surface area contributed by atoms with Gasteiger partial charge >= 0.3 is 5.97 Å². The molecule has 4 nitrogen and oxygen atoms in total. The summed E-state index contributed by atoms with van der Waals surface area (Å²) in [7, 11) is 0. The first-order chi connectivity index (χ1) is 5.72. The molecular formula is C8H12N2O2. The van der Waals surface area contributed by atoms with Crippen LogP contribution < -0.4 is 0 Å². The second-order valence-corrected chi connectivity index (χ2v) is 3.03. The molecule has 12 heavy (non-hydrogen) atoms.